The van der Waals surface area contributed by atoms with E-state index in [1.54, 1.807) is 0 Å². The average molecular weight is 382 g/mol. The van der Waals surface area contributed by atoms with Crippen LogP contribution in [0.15, 0.2) is 0 Å². The van der Waals surface area contributed by atoms with Crippen LogP contribution in [0.2, 0.25) is 0 Å². The summed E-state index contributed by atoms with van der Waals surface area (Å²) in [4.78, 5) is 0. The lowest BCUT2D eigenvalue weighted by atomic mass is 9.46. The van der Waals surface area contributed by atoms with Gasteiger partial charge in [-0.2, -0.15) is 0 Å². The third-order valence-corrected chi connectivity index (χ3v) is 9.34. The van der Waals surface area contributed by atoms with Gasteiger partial charge in [-0.3, -0.25) is 0 Å². The Morgan fingerprint density at radius 1 is 0.962 bits per heavy atom. The lowest BCUT2D eigenvalue weighted by Gasteiger charge is -2.61. The minimum absolute atomic E-state index is 0.230. The molecule has 0 saturated heterocycles. The maximum Gasteiger partial charge on any atom is 0.212 e. The number of hydrogen-bond donors (Lipinski definition) is 1. The van der Waals surface area contributed by atoms with E-state index in [4.69, 9.17) is 0 Å². The van der Waals surface area contributed by atoms with Crippen molar-refractivity contribution in [3.63, 3.8) is 0 Å². The van der Waals surface area contributed by atoms with Gasteiger partial charge in [-0.25, -0.2) is 13.1 Å². The normalized spacial score (nSPS) is 40.9. The molecule has 2 unspecified atom stereocenters. The summed E-state index contributed by atoms with van der Waals surface area (Å²) in [5, 5.41) is 0. The molecule has 0 radical (unpaired) electrons. The molecule has 1 N–H and O–H groups in total. The Labute approximate surface area is 161 Å². The first-order valence-electron chi connectivity index (χ1n) is 11.1. The van der Waals surface area contributed by atoms with Gasteiger partial charge >= 0.3 is 0 Å². The van der Waals surface area contributed by atoms with Crippen molar-refractivity contribution in [2.45, 2.75) is 97.4 Å². The van der Waals surface area contributed by atoms with Crippen molar-refractivity contribution in [2.75, 3.05) is 5.75 Å². The molecule has 0 heterocycles. The van der Waals surface area contributed by atoms with E-state index in [0.29, 0.717) is 34.3 Å². The van der Waals surface area contributed by atoms with E-state index in [0.717, 1.165) is 18.8 Å². The van der Waals surface area contributed by atoms with Gasteiger partial charge in [0.05, 0.1) is 5.75 Å². The first-order chi connectivity index (χ1) is 12.1. The summed E-state index contributed by atoms with van der Waals surface area (Å²) >= 11 is 0. The zero-order valence-electron chi connectivity index (χ0n) is 17.1. The molecule has 26 heavy (non-hydrogen) atoms. The van der Waals surface area contributed by atoms with E-state index in [-0.39, 0.29) is 6.04 Å². The second-order valence-electron chi connectivity index (χ2n) is 11.6. The van der Waals surface area contributed by atoms with E-state index in [2.05, 4.69) is 25.5 Å². The Hall–Kier alpha value is -0.0900. The van der Waals surface area contributed by atoms with Crippen LogP contribution in [0.25, 0.3) is 0 Å². The van der Waals surface area contributed by atoms with Crippen LogP contribution in [0.3, 0.4) is 0 Å². The fourth-order valence-electron chi connectivity index (χ4n) is 7.65. The second-order valence-corrected chi connectivity index (χ2v) is 13.4. The molecule has 4 bridgehead atoms. The maximum absolute atomic E-state index is 12.9. The molecular weight excluding hydrogens is 342 g/mol. The van der Waals surface area contributed by atoms with Gasteiger partial charge < -0.3 is 0 Å². The van der Waals surface area contributed by atoms with Gasteiger partial charge in [0.2, 0.25) is 10.0 Å². The third-order valence-electron chi connectivity index (χ3n) is 7.80. The van der Waals surface area contributed by atoms with E-state index in [1.165, 1.54) is 57.8 Å². The Morgan fingerprint density at radius 3 is 2.15 bits per heavy atom. The lowest BCUT2D eigenvalue weighted by molar-refractivity contribution is -0.0882. The molecule has 4 heteroatoms. The van der Waals surface area contributed by atoms with Crippen molar-refractivity contribution < 1.29 is 8.42 Å². The van der Waals surface area contributed by atoms with E-state index >= 15 is 0 Å². The van der Waals surface area contributed by atoms with Crippen LogP contribution in [-0.2, 0) is 10.0 Å². The molecule has 0 aromatic carbocycles. The molecule has 5 aliphatic carbocycles. The van der Waals surface area contributed by atoms with Crippen LogP contribution in [0, 0.1) is 34.5 Å². The third kappa shape index (κ3) is 4.16. The van der Waals surface area contributed by atoms with Gasteiger partial charge in [0.1, 0.15) is 0 Å². The van der Waals surface area contributed by atoms with Crippen LogP contribution in [0.4, 0.5) is 0 Å². The number of hydrogen-bond acceptors (Lipinski definition) is 2. The summed E-state index contributed by atoms with van der Waals surface area (Å²) in [6, 6.07) is 0.230. The molecule has 0 spiro atoms. The quantitative estimate of drug-likeness (QED) is 0.718. The molecule has 0 amide bonds. The highest BCUT2D eigenvalue weighted by atomic mass is 32.2. The van der Waals surface area contributed by atoms with Gasteiger partial charge in [0.25, 0.3) is 0 Å². The summed E-state index contributed by atoms with van der Waals surface area (Å²) in [6.45, 7) is 7.11. The standard InChI is InChI=1S/C22H39NO2S/c1-21(2,3)15-22-11-17-9-18(12-22)20(19(10-17)13-22)23-26(24,25)14-16-7-5-4-6-8-16/h16-20,23H,4-15H2,1-3H3. The molecule has 0 aromatic heterocycles. The molecule has 0 aromatic rings. The maximum atomic E-state index is 12.9. The SMILES string of the molecule is CC(C)(C)CC12CC3CC(C1)C(NS(=O)(=O)CC1CCCCC1)C(C3)C2. The number of rotatable bonds is 5. The van der Waals surface area contributed by atoms with E-state index < -0.39 is 10.0 Å². The lowest BCUT2D eigenvalue weighted by Crippen LogP contribution is -2.60. The monoisotopic (exact) mass is 381 g/mol. The van der Waals surface area contributed by atoms with Gasteiger partial charge in [0.15, 0.2) is 0 Å². The Morgan fingerprint density at radius 2 is 1.58 bits per heavy atom. The molecule has 5 fully saturated rings. The van der Waals surface area contributed by atoms with Crippen molar-refractivity contribution in [1.29, 1.82) is 0 Å². The van der Waals surface area contributed by atoms with E-state index in [1.807, 2.05) is 0 Å². The summed E-state index contributed by atoms with van der Waals surface area (Å²) in [7, 11) is -3.13. The molecular formula is C22H39NO2S. The molecule has 2 atom stereocenters. The largest absolute Gasteiger partial charge is 0.212 e. The number of nitrogens with one attached hydrogen (secondary N) is 1. The first-order valence-corrected chi connectivity index (χ1v) is 12.8. The van der Waals surface area contributed by atoms with Crippen LogP contribution in [-0.4, -0.2) is 20.2 Å². The van der Waals surface area contributed by atoms with E-state index in [9.17, 15) is 8.42 Å². The van der Waals surface area contributed by atoms with Crippen LogP contribution in [0.1, 0.15) is 91.4 Å². The van der Waals surface area contributed by atoms with Crippen LogP contribution >= 0.6 is 0 Å². The second kappa shape index (κ2) is 6.76. The highest BCUT2D eigenvalue weighted by Crippen LogP contribution is 2.63. The molecule has 5 rings (SSSR count). The van der Waals surface area contributed by atoms with Crippen LogP contribution in [0.5, 0.6) is 0 Å². The van der Waals surface area contributed by atoms with Gasteiger partial charge in [-0.15, -0.1) is 0 Å². The zero-order chi connectivity index (χ0) is 18.6. The van der Waals surface area contributed by atoms with Crippen molar-refractivity contribution >= 4 is 10.0 Å². The molecule has 5 aliphatic rings. The topological polar surface area (TPSA) is 46.2 Å². The van der Waals surface area contributed by atoms with Gasteiger partial charge in [-0.1, -0.05) is 40.0 Å². The first kappa shape index (κ1) is 19.2. The van der Waals surface area contributed by atoms with Gasteiger partial charge in [-0.05, 0) is 85.9 Å². The minimum Gasteiger partial charge on any atom is -0.212 e. The Kier molecular flexibility index (Phi) is 5.00. The van der Waals surface area contributed by atoms with Crippen molar-refractivity contribution in [3.05, 3.63) is 0 Å². The summed E-state index contributed by atoms with van der Waals surface area (Å²) < 4.78 is 29.0. The fraction of sp³-hybridized carbons (Fsp3) is 1.00. The molecule has 0 aliphatic heterocycles. The predicted octanol–water partition coefficient (Wildman–Crippen LogP) is 5.12. The van der Waals surface area contributed by atoms with Gasteiger partial charge in [0, 0.05) is 6.04 Å². The van der Waals surface area contributed by atoms with Crippen molar-refractivity contribution in [3.8, 4) is 0 Å². The smallest absolute Gasteiger partial charge is 0.212 e. The highest BCUT2D eigenvalue weighted by molar-refractivity contribution is 7.89. The number of sulfonamides is 1. The minimum atomic E-state index is -3.13. The Bertz CT molecular complexity index is 599. The van der Waals surface area contributed by atoms with Crippen LogP contribution < -0.4 is 4.72 Å². The molecule has 5 saturated carbocycles. The van der Waals surface area contributed by atoms with Crippen molar-refractivity contribution in [2.24, 2.45) is 34.5 Å². The molecule has 3 nitrogen and oxygen atoms in total. The zero-order valence-corrected chi connectivity index (χ0v) is 17.9. The molecule has 150 valence electrons. The average Bonchev–Trinajstić information content (AvgIpc) is 2.48. The Balaban J connectivity index is 1.43. The fourth-order valence-corrected chi connectivity index (χ4v) is 9.50. The summed E-state index contributed by atoms with van der Waals surface area (Å²) in [5.74, 6) is 2.80. The summed E-state index contributed by atoms with van der Waals surface area (Å²) in [5.41, 5.74) is 0.877. The van der Waals surface area contributed by atoms with Crippen molar-refractivity contribution in [1.82, 2.24) is 4.72 Å². The summed E-state index contributed by atoms with van der Waals surface area (Å²) in [6.07, 6.45) is 13.7. The highest BCUT2D eigenvalue weighted by Gasteiger charge is 2.56. The predicted molar refractivity (Wildman–Crippen MR) is 107 cm³/mol.